The SMILES string of the molecule is CCNC(=NCc1ccc(C)cc1OC)NCC1(N2CCCC2)CCOCC1.I. The van der Waals surface area contributed by atoms with E-state index < -0.39 is 0 Å². The molecule has 2 fully saturated rings. The van der Waals surface area contributed by atoms with Gasteiger partial charge in [-0.2, -0.15) is 0 Å². The molecule has 2 N–H and O–H groups in total. The van der Waals surface area contributed by atoms with E-state index in [4.69, 9.17) is 14.5 Å². The Bertz CT molecular complexity index is 656. The zero-order chi connectivity index (χ0) is 19.8. The number of halogens is 1. The minimum atomic E-state index is 0. The van der Waals surface area contributed by atoms with Crippen molar-refractivity contribution in [3.05, 3.63) is 29.3 Å². The Labute approximate surface area is 192 Å². The molecule has 1 aromatic carbocycles. The lowest BCUT2D eigenvalue weighted by molar-refractivity contribution is -0.0164. The molecule has 2 aliphatic heterocycles. The maximum Gasteiger partial charge on any atom is 0.191 e. The number of guanidine groups is 1. The molecule has 1 aromatic rings. The van der Waals surface area contributed by atoms with E-state index >= 15 is 0 Å². The smallest absolute Gasteiger partial charge is 0.191 e. The Morgan fingerprint density at radius 3 is 2.59 bits per heavy atom. The molecule has 0 atom stereocenters. The molecule has 2 heterocycles. The van der Waals surface area contributed by atoms with Crippen molar-refractivity contribution in [3.63, 3.8) is 0 Å². The first kappa shape index (κ1) is 24.2. The van der Waals surface area contributed by atoms with Gasteiger partial charge in [0.1, 0.15) is 5.75 Å². The fraction of sp³-hybridized carbons (Fsp3) is 0.682. The third-order valence-corrected chi connectivity index (χ3v) is 5.98. The zero-order valence-corrected chi connectivity index (χ0v) is 20.5. The molecule has 7 heteroatoms. The summed E-state index contributed by atoms with van der Waals surface area (Å²) in [6.07, 6.45) is 4.80. The molecule has 29 heavy (non-hydrogen) atoms. The number of ether oxygens (including phenoxy) is 2. The maximum absolute atomic E-state index is 5.66. The third kappa shape index (κ3) is 6.46. The van der Waals surface area contributed by atoms with Crippen LogP contribution in [-0.2, 0) is 11.3 Å². The topological polar surface area (TPSA) is 58.1 Å². The molecule has 0 saturated carbocycles. The number of rotatable bonds is 7. The Balaban J connectivity index is 0.00000300. The van der Waals surface area contributed by atoms with Gasteiger partial charge in [0.05, 0.1) is 13.7 Å². The van der Waals surface area contributed by atoms with Gasteiger partial charge in [0, 0.05) is 37.4 Å². The van der Waals surface area contributed by atoms with E-state index in [-0.39, 0.29) is 29.5 Å². The van der Waals surface area contributed by atoms with Crippen molar-refractivity contribution in [3.8, 4) is 5.75 Å². The Kier molecular flexibility index (Phi) is 9.98. The van der Waals surface area contributed by atoms with E-state index in [1.807, 2.05) is 0 Å². The Morgan fingerprint density at radius 1 is 1.21 bits per heavy atom. The molecule has 0 spiro atoms. The monoisotopic (exact) mass is 516 g/mol. The number of methoxy groups -OCH3 is 1. The summed E-state index contributed by atoms with van der Waals surface area (Å²) >= 11 is 0. The van der Waals surface area contributed by atoms with E-state index in [1.54, 1.807) is 7.11 Å². The molecule has 0 bridgehead atoms. The molecule has 2 saturated heterocycles. The predicted molar refractivity (Wildman–Crippen MR) is 130 cm³/mol. The van der Waals surface area contributed by atoms with Gasteiger partial charge < -0.3 is 20.1 Å². The summed E-state index contributed by atoms with van der Waals surface area (Å²) in [4.78, 5) is 7.50. The van der Waals surface area contributed by atoms with Crippen LogP contribution >= 0.6 is 24.0 Å². The van der Waals surface area contributed by atoms with Gasteiger partial charge in [-0.05, 0) is 64.3 Å². The number of nitrogens with zero attached hydrogens (tertiary/aromatic N) is 2. The van der Waals surface area contributed by atoms with Gasteiger partial charge >= 0.3 is 0 Å². The summed E-state index contributed by atoms with van der Waals surface area (Å²) in [5, 5.41) is 7.03. The lowest BCUT2D eigenvalue weighted by Gasteiger charge is -2.45. The summed E-state index contributed by atoms with van der Waals surface area (Å²) in [5.74, 6) is 1.77. The number of hydrogen-bond acceptors (Lipinski definition) is 4. The second-order valence-corrected chi connectivity index (χ2v) is 7.89. The van der Waals surface area contributed by atoms with Gasteiger partial charge in [0.25, 0.3) is 0 Å². The first-order valence-corrected chi connectivity index (χ1v) is 10.7. The zero-order valence-electron chi connectivity index (χ0n) is 18.1. The first-order chi connectivity index (χ1) is 13.7. The molecule has 0 amide bonds. The fourth-order valence-corrected chi connectivity index (χ4v) is 4.28. The molecular formula is C22H37IN4O2. The van der Waals surface area contributed by atoms with E-state index in [1.165, 1.54) is 31.5 Å². The van der Waals surface area contributed by atoms with Crippen molar-refractivity contribution >= 4 is 29.9 Å². The van der Waals surface area contributed by atoms with Gasteiger partial charge in [0.2, 0.25) is 0 Å². The van der Waals surface area contributed by atoms with Crippen molar-refractivity contribution in [2.24, 2.45) is 4.99 Å². The third-order valence-electron chi connectivity index (χ3n) is 5.98. The molecule has 3 rings (SSSR count). The molecule has 0 unspecified atom stereocenters. The fourth-order valence-electron chi connectivity index (χ4n) is 4.28. The summed E-state index contributed by atoms with van der Waals surface area (Å²) < 4.78 is 11.2. The van der Waals surface area contributed by atoms with Crippen LogP contribution in [-0.4, -0.2) is 62.9 Å². The van der Waals surface area contributed by atoms with E-state index in [9.17, 15) is 0 Å². The van der Waals surface area contributed by atoms with Crippen LogP contribution in [0.4, 0.5) is 0 Å². The Morgan fingerprint density at radius 2 is 1.93 bits per heavy atom. The van der Waals surface area contributed by atoms with Crippen molar-refractivity contribution in [2.75, 3.05) is 46.5 Å². The van der Waals surface area contributed by atoms with Gasteiger partial charge in [-0.3, -0.25) is 4.90 Å². The molecule has 0 aromatic heterocycles. The highest BCUT2D eigenvalue weighted by molar-refractivity contribution is 14.0. The van der Waals surface area contributed by atoms with Crippen molar-refractivity contribution < 1.29 is 9.47 Å². The largest absolute Gasteiger partial charge is 0.496 e. The summed E-state index contributed by atoms with van der Waals surface area (Å²) in [6, 6.07) is 6.28. The van der Waals surface area contributed by atoms with E-state index in [0.29, 0.717) is 6.54 Å². The molecule has 164 valence electrons. The van der Waals surface area contributed by atoms with Crippen LogP contribution in [0.25, 0.3) is 0 Å². The number of hydrogen-bond donors (Lipinski definition) is 2. The van der Waals surface area contributed by atoms with Gasteiger partial charge in [-0.25, -0.2) is 4.99 Å². The normalized spacial score (nSPS) is 19.5. The van der Waals surface area contributed by atoms with Crippen LogP contribution in [0.1, 0.15) is 43.7 Å². The highest BCUT2D eigenvalue weighted by Crippen LogP contribution is 2.30. The van der Waals surface area contributed by atoms with Crippen LogP contribution in [0.15, 0.2) is 23.2 Å². The molecular weight excluding hydrogens is 479 g/mol. The average Bonchev–Trinajstić information content (AvgIpc) is 3.27. The highest BCUT2D eigenvalue weighted by Gasteiger charge is 2.39. The molecule has 0 aliphatic carbocycles. The maximum atomic E-state index is 5.66. The standard InChI is InChI=1S/C22H36N4O2.HI/c1-4-23-21(24-16-19-8-7-18(2)15-20(19)27-3)25-17-22(9-13-28-14-10-22)26-11-5-6-12-26;/h7-8,15H,4-6,9-14,16-17H2,1-3H3,(H2,23,24,25);1H. The summed E-state index contributed by atoms with van der Waals surface area (Å²) in [7, 11) is 1.72. The van der Waals surface area contributed by atoms with Crippen molar-refractivity contribution in [1.82, 2.24) is 15.5 Å². The van der Waals surface area contributed by atoms with Gasteiger partial charge in [-0.1, -0.05) is 12.1 Å². The number of likely N-dealkylation sites (tertiary alicyclic amines) is 1. The Hall–Kier alpha value is -1.06. The molecule has 0 radical (unpaired) electrons. The minimum absolute atomic E-state index is 0. The predicted octanol–water partition coefficient (Wildman–Crippen LogP) is 3.32. The van der Waals surface area contributed by atoms with Crippen LogP contribution < -0.4 is 15.4 Å². The van der Waals surface area contributed by atoms with E-state index in [0.717, 1.165) is 56.4 Å². The number of nitrogens with one attached hydrogen (secondary N) is 2. The molecule has 2 aliphatic rings. The minimum Gasteiger partial charge on any atom is -0.496 e. The van der Waals surface area contributed by atoms with Crippen LogP contribution in [0.3, 0.4) is 0 Å². The number of aryl methyl sites for hydroxylation is 1. The van der Waals surface area contributed by atoms with Crippen molar-refractivity contribution in [1.29, 1.82) is 0 Å². The summed E-state index contributed by atoms with van der Waals surface area (Å²) in [6.45, 7) is 10.6. The first-order valence-electron chi connectivity index (χ1n) is 10.7. The van der Waals surface area contributed by atoms with Crippen molar-refractivity contribution in [2.45, 2.75) is 51.6 Å². The second-order valence-electron chi connectivity index (χ2n) is 7.89. The molecule has 6 nitrogen and oxygen atoms in total. The summed E-state index contributed by atoms with van der Waals surface area (Å²) in [5.41, 5.74) is 2.49. The van der Waals surface area contributed by atoms with E-state index in [2.05, 4.69) is 47.6 Å². The highest BCUT2D eigenvalue weighted by atomic mass is 127. The van der Waals surface area contributed by atoms with Crippen LogP contribution in [0, 0.1) is 6.92 Å². The second kappa shape index (κ2) is 12.0. The van der Waals surface area contributed by atoms with Crippen LogP contribution in [0.2, 0.25) is 0 Å². The van der Waals surface area contributed by atoms with Gasteiger partial charge in [0.15, 0.2) is 5.96 Å². The van der Waals surface area contributed by atoms with Crippen LogP contribution in [0.5, 0.6) is 5.75 Å². The number of benzene rings is 1. The number of aliphatic imine (C=N–C) groups is 1. The lowest BCUT2D eigenvalue weighted by atomic mass is 9.88. The lowest BCUT2D eigenvalue weighted by Crippen LogP contribution is -2.58. The average molecular weight is 516 g/mol. The van der Waals surface area contributed by atoms with Gasteiger partial charge in [-0.15, -0.1) is 24.0 Å². The quantitative estimate of drug-likeness (QED) is 0.331.